The summed E-state index contributed by atoms with van der Waals surface area (Å²) in [6.07, 6.45) is -4.35. The highest BCUT2D eigenvalue weighted by Gasteiger charge is 2.30. The van der Waals surface area contributed by atoms with Crippen LogP contribution in [-0.2, 0) is 6.18 Å². The molecule has 0 unspecified atom stereocenters. The molecule has 0 saturated heterocycles. The summed E-state index contributed by atoms with van der Waals surface area (Å²) < 4.78 is 44.4. The van der Waals surface area contributed by atoms with Crippen LogP contribution in [0.1, 0.15) is 11.3 Å². The van der Waals surface area contributed by atoms with Crippen LogP contribution in [-0.4, -0.2) is 4.98 Å². The average Bonchev–Trinajstić information content (AvgIpc) is 2.89. The number of hydrogen-bond acceptors (Lipinski definition) is 2. The van der Waals surface area contributed by atoms with E-state index in [0.29, 0.717) is 22.9 Å². The maximum atomic E-state index is 12.6. The molecule has 0 atom stereocenters. The Kier molecular flexibility index (Phi) is 4.02. The first kappa shape index (κ1) is 15.8. The molecule has 0 radical (unpaired) electrons. The fraction of sp³-hybridized carbons (Fsp3) is 0.118. The van der Waals surface area contributed by atoms with E-state index >= 15 is 0 Å². The van der Waals surface area contributed by atoms with Gasteiger partial charge in [0.05, 0.1) is 5.56 Å². The molecule has 118 valence electrons. The Bertz CT molecular complexity index is 821. The quantitative estimate of drug-likeness (QED) is 0.536. The summed E-state index contributed by atoms with van der Waals surface area (Å²) in [6, 6.07) is 12.3. The molecule has 0 bridgehead atoms. The van der Waals surface area contributed by atoms with E-state index in [4.69, 9.17) is 4.42 Å². The van der Waals surface area contributed by atoms with Gasteiger partial charge in [-0.05, 0) is 43.3 Å². The highest BCUT2D eigenvalue weighted by molar-refractivity contribution is 9.10. The van der Waals surface area contributed by atoms with Gasteiger partial charge in [-0.3, -0.25) is 0 Å². The van der Waals surface area contributed by atoms with E-state index in [1.165, 1.54) is 12.1 Å². The summed E-state index contributed by atoms with van der Waals surface area (Å²) in [5, 5.41) is 0. The predicted molar refractivity (Wildman–Crippen MR) is 84.8 cm³/mol. The normalized spacial score (nSPS) is 11.7. The molecule has 0 aliphatic rings. The summed E-state index contributed by atoms with van der Waals surface area (Å²) >= 11 is 3.37. The third kappa shape index (κ3) is 3.32. The number of oxazole rings is 1. The fourth-order valence-corrected chi connectivity index (χ4v) is 2.46. The lowest BCUT2D eigenvalue weighted by Gasteiger charge is -2.06. The third-order valence-corrected chi connectivity index (χ3v) is 3.90. The molecule has 2 nitrogen and oxygen atoms in total. The first-order chi connectivity index (χ1) is 10.8. The number of rotatable bonds is 2. The molecule has 0 saturated carbocycles. The van der Waals surface area contributed by atoms with Gasteiger partial charge in [-0.2, -0.15) is 13.2 Å². The summed E-state index contributed by atoms with van der Waals surface area (Å²) in [4.78, 5) is 4.41. The van der Waals surface area contributed by atoms with E-state index in [2.05, 4.69) is 20.9 Å². The highest BCUT2D eigenvalue weighted by atomic mass is 79.9. The first-order valence-corrected chi connectivity index (χ1v) is 7.55. The summed E-state index contributed by atoms with van der Waals surface area (Å²) in [5.41, 5.74) is 1.36. The molecule has 3 rings (SSSR count). The van der Waals surface area contributed by atoms with Crippen molar-refractivity contribution in [3.8, 4) is 22.7 Å². The maximum absolute atomic E-state index is 12.6. The topological polar surface area (TPSA) is 26.0 Å². The van der Waals surface area contributed by atoms with E-state index in [9.17, 15) is 13.2 Å². The van der Waals surface area contributed by atoms with Crippen molar-refractivity contribution >= 4 is 15.9 Å². The van der Waals surface area contributed by atoms with Crippen LogP contribution >= 0.6 is 15.9 Å². The van der Waals surface area contributed by atoms with Crippen LogP contribution in [0.2, 0.25) is 0 Å². The van der Waals surface area contributed by atoms with E-state index in [1.54, 1.807) is 6.92 Å². The second-order valence-corrected chi connectivity index (χ2v) is 5.92. The van der Waals surface area contributed by atoms with Crippen LogP contribution < -0.4 is 0 Å². The van der Waals surface area contributed by atoms with Gasteiger partial charge >= 0.3 is 6.18 Å². The lowest BCUT2D eigenvalue weighted by Crippen LogP contribution is -2.03. The van der Waals surface area contributed by atoms with Crippen LogP contribution in [0.5, 0.6) is 0 Å². The van der Waals surface area contributed by atoms with Crippen LogP contribution in [0, 0.1) is 6.92 Å². The van der Waals surface area contributed by atoms with E-state index < -0.39 is 11.7 Å². The second-order valence-electron chi connectivity index (χ2n) is 5.01. The minimum absolute atomic E-state index is 0.300. The van der Waals surface area contributed by atoms with Crippen LogP contribution in [0.15, 0.2) is 57.4 Å². The van der Waals surface area contributed by atoms with Crippen molar-refractivity contribution < 1.29 is 17.6 Å². The average molecular weight is 382 g/mol. The van der Waals surface area contributed by atoms with E-state index in [1.807, 2.05) is 24.3 Å². The van der Waals surface area contributed by atoms with Gasteiger partial charge in [-0.15, -0.1) is 0 Å². The van der Waals surface area contributed by atoms with Gasteiger partial charge in [-0.25, -0.2) is 4.98 Å². The molecule has 1 aromatic heterocycles. The van der Waals surface area contributed by atoms with Gasteiger partial charge < -0.3 is 4.42 Å². The number of aromatic nitrogens is 1. The Labute approximate surface area is 139 Å². The number of benzene rings is 2. The van der Waals surface area contributed by atoms with Gasteiger partial charge in [0, 0.05) is 15.6 Å². The predicted octanol–water partition coefficient (Wildman–Crippen LogP) is 6.10. The number of halogens is 4. The van der Waals surface area contributed by atoms with Crippen molar-refractivity contribution in [2.75, 3.05) is 0 Å². The minimum Gasteiger partial charge on any atom is -0.441 e. The Hall–Kier alpha value is -2.08. The monoisotopic (exact) mass is 381 g/mol. The van der Waals surface area contributed by atoms with Gasteiger partial charge in [0.25, 0.3) is 0 Å². The molecule has 0 N–H and O–H groups in total. The third-order valence-electron chi connectivity index (χ3n) is 3.37. The number of alkyl halides is 3. The molecule has 2 aromatic carbocycles. The Morgan fingerprint density at radius 1 is 0.913 bits per heavy atom. The molecule has 6 heteroatoms. The zero-order valence-corrected chi connectivity index (χ0v) is 13.6. The maximum Gasteiger partial charge on any atom is 0.416 e. The minimum atomic E-state index is -4.35. The molecule has 3 aromatic rings. The number of hydrogen-bond donors (Lipinski definition) is 0. The fourth-order valence-electron chi connectivity index (χ4n) is 2.20. The summed E-state index contributed by atoms with van der Waals surface area (Å²) in [6.45, 7) is 1.78. The molecule has 1 heterocycles. The number of nitrogens with zero attached hydrogens (tertiary/aromatic N) is 1. The van der Waals surface area contributed by atoms with Crippen LogP contribution in [0.4, 0.5) is 13.2 Å². The SMILES string of the molecule is Cc1oc(-c2ccc(C(F)(F)F)cc2)nc1-c1ccc(Br)cc1. The van der Waals surface area contributed by atoms with Gasteiger partial charge in [0.2, 0.25) is 5.89 Å². The number of aryl methyl sites for hydroxylation is 1. The van der Waals surface area contributed by atoms with Gasteiger partial charge in [-0.1, -0.05) is 28.1 Å². The lowest BCUT2D eigenvalue weighted by molar-refractivity contribution is -0.137. The first-order valence-electron chi connectivity index (χ1n) is 6.75. The summed E-state index contributed by atoms with van der Waals surface area (Å²) in [5.74, 6) is 0.913. The van der Waals surface area contributed by atoms with Gasteiger partial charge in [0.15, 0.2) is 0 Å². The smallest absolute Gasteiger partial charge is 0.416 e. The van der Waals surface area contributed by atoms with Crippen LogP contribution in [0.25, 0.3) is 22.7 Å². The molecule has 23 heavy (non-hydrogen) atoms. The second kappa shape index (κ2) is 5.85. The van der Waals surface area contributed by atoms with Crippen molar-refractivity contribution in [2.45, 2.75) is 13.1 Å². The summed E-state index contributed by atoms with van der Waals surface area (Å²) in [7, 11) is 0. The molecule has 0 aliphatic heterocycles. The van der Waals surface area contributed by atoms with E-state index in [-0.39, 0.29) is 0 Å². The Morgan fingerprint density at radius 2 is 1.48 bits per heavy atom. The van der Waals surface area contributed by atoms with Crippen molar-refractivity contribution in [1.82, 2.24) is 4.98 Å². The van der Waals surface area contributed by atoms with Crippen molar-refractivity contribution in [2.24, 2.45) is 0 Å². The largest absolute Gasteiger partial charge is 0.441 e. The molecular weight excluding hydrogens is 371 g/mol. The zero-order valence-electron chi connectivity index (χ0n) is 12.0. The molecular formula is C17H11BrF3NO. The van der Waals surface area contributed by atoms with Gasteiger partial charge in [0.1, 0.15) is 11.5 Å². The molecule has 0 aliphatic carbocycles. The van der Waals surface area contributed by atoms with Crippen molar-refractivity contribution in [1.29, 1.82) is 0 Å². The van der Waals surface area contributed by atoms with Crippen LogP contribution in [0.3, 0.4) is 0 Å². The molecule has 0 amide bonds. The van der Waals surface area contributed by atoms with E-state index in [0.717, 1.165) is 22.2 Å². The lowest BCUT2D eigenvalue weighted by atomic mass is 10.1. The Balaban J connectivity index is 1.96. The molecule has 0 fully saturated rings. The highest BCUT2D eigenvalue weighted by Crippen LogP contribution is 2.32. The zero-order chi connectivity index (χ0) is 16.6. The standard InChI is InChI=1S/C17H11BrF3NO/c1-10-15(11-4-8-14(18)9-5-11)22-16(23-10)12-2-6-13(7-3-12)17(19,20)21/h2-9H,1H3. The van der Waals surface area contributed by atoms with Crippen molar-refractivity contribution in [3.63, 3.8) is 0 Å². The molecule has 0 spiro atoms. The van der Waals surface area contributed by atoms with Crippen molar-refractivity contribution in [3.05, 3.63) is 64.3 Å². The Morgan fingerprint density at radius 3 is 2.04 bits per heavy atom.